The SMILES string of the molecule is CCCNOCC(CO)(CO)CO. The van der Waals surface area contributed by atoms with Crippen LogP contribution in [0.1, 0.15) is 13.3 Å². The molecule has 80 valence electrons. The number of hydroxylamine groups is 1. The summed E-state index contributed by atoms with van der Waals surface area (Å²) in [5.41, 5.74) is 1.72. The van der Waals surface area contributed by atoms with Gasteiger partial charge in [-0.2, -0.15) is 0 Å². The topological polar surface area (TPSA) is 82.0 Å². The van der Waals surface area contributed by atoms with E-state index in [2.05, 4.69) is 5.48 Å². The number of aliphatic hydroxyl groups is 3. The van der Waals surface area contributed by atoms with Gasteiger partial charge in [0.15, 0.2) is 0 Å². The molecule has 0 aliphatic carbocycles. The minimum atomic E-state index is -0.944. The normalized spacial score (nSPS) is 12.0. The third-order valence-corrected chi connectivity index (χ3v) is 1.84. The van der Waals surface area contributed by atoms with Crippen molar-refractivity contribution in [1.29, 1.82) is 0 Å². The van der Waals surface area contributed by atoms with E-state index in [0.29, 0.717) is 6.54 Å². The van der Waals surface area contributed by atoms with Gasteiger partial charge in [0.1, 0.15) is 0 Å². The lowest BCUT2D eigenvalue weighted by Crippen LogP contribution is -2.40. The van der Waals surface area contributed by atoms with Gasteiger partial charge in [-0.05, 0) is 6.42 Å². The summed E-state index contributed by atoms with van der Waals surface area (Å²) in [6.07, 6.45) is 0.935. The van der Waals surface area contributed by atoms with E-state index in [4.69, 9.17) is 20.2 Å². The van der Waals surface area contributed by atoms with Crippen molar-refractivity contribution in [3.63, 3.8) is 0 Å². The summed E-state index contributed by atoms with van der Waals surface area (Å²) >= 11 is 0. The van der Waals surface area contributed by atoms with Crippen LogP contribution >= 0.6 is 0 Å². The molecule has 0 aromatic carbocycles. The summed E-state index contributed by atoms with van der Waals surface area (Å²) < 4.78 is 0. The van der Waals surface area contributed by atoms with Gasteiger partial charge in [-0.1, -0.05) is 6.92 Å². The largest absolute Gasteiger partial charge is 0.396 e. The van der Waals surface area contributed by atoms with Crippen molar-refractivity contribution in [2.75, 3.05) is 33.0 Å². The first-order valence-corrected chi connectivity index (χ1v) is 4.42. The average Bonchev–Trinajstić information content (AvgIpc) is 2.20. The molecule has 0 unspecified atom stereocenters. The first-order chi connectivity index (χ1) is 6.24. The van der Waals surface area contributed by atoms with Crippen LogP contribution < -0.4 is 5.48 Å². The van der Waals surface area contributed by atoms with Gasteiger partial charge in [-0.3, -0.25) is 0 Å². The smallest absolute Gasteiger partial charge is 0.0804 e. The van der Waals surface area contributed by atoms with Gasteiger partial charge in [0.05, 0.1) is 31.8 Å². The molecule has 0 heterocycles. The molecule has 0 fully saturated rings. The van der Waals surface area contributed by atoms with E-state index >= 15 is 0 Å². The summed E-state index contributed by atoms with van der Waals surface area (Å²) in [7, 11) is 0. The van der Waals surface area contributed by atoms with Crippen molar-refractivity contribution in [3.8, 4) is 0 Å². The van der Waals surface area contributed by atoms with Gasteiger partial charge in [0.25, 0.3) is 0 Å². The molecule has 0 aromatic heterocycles. The Morgan fingerprint density at radius 1 is 1.15 bits per heavy atom. The van der Waals surface area contributed by atoms with Gasteiger partial charge in [0, 0.05) is 6.54 Å². The molecule has 5 heteroatoms. The molecule has 0 saturated carbocycles. The third-order valence-electron chi connectivity index (χ3n) is 1.84. The zero-order valence-corrected chi connectivity index (χ0v) is 7.99. The van der Waals surface area contributed by atoms with Gasteiger partial charge in [0.2, 0.25) is 0 Å². The number of hydrogen-bond donors (Lipinski definition) is 4. The summed E-state index contributed by atoms with van der Waals surface area (Å²) in [4.78, 5) is 4.98. The minimum Gasteiger partial charge on any atom is -0.396 e. The molecule has 0 atom stereocenters. The van der Waals surface area contributed by atoms with E-state index in [1.54, 1.807) is 0 Å². The second-order valence-corrected chi connectivity index (χ2v) is 3.16. The lowest BCUT2D eigenvalue weighted by atomic mass is 9.93. The van der Waals surface area contributed by atoms with Crippen molar-refractivity contribution >= 4 is 0 Å². The first kappa shape index (κ1) is 12.8. The van der Waals surface area contributed by atoms with Crippen molar-refractivity contribution in [3.05, 3.63) is 0 Å². The van der Waals surface area contributed by atoms with Crippen LogP contribution in [0.4, 0.5) is 0 Å². The average molecular weight is 193 g/mol. The van der Waals surface area contributed by atoms with Crippen LogP contribution in [0.5, 0.6) is 0 Å². The Bertz CT molecular complexity index is 108. The Balaban J connectivity index is 3.68. The highest BCUT2D eigenvalue weighted by molar-refractivity contribution is 4.75. The predicted molar refractivity (Wildman–Crippen MR) is 47.9 cm³/mol. The van der Waals surface area contributed by atoms with Crippen LogP contribution in [0.15, 0.2) is 0 Å². The maximum Gasteiger partial charge on any atom is 0.0804 e. The quantitative estimate of drug-likeness (QED) is 0.290. The molecule has 0 amide bonds. The number of rotatable bonds is 8. The Kier molecular flexibility index (Phi) is 7.12. The zero-order valence-electron chi connectivity index (χ0n) is 7.99. The van der Waals surface area contributed by atoms with Crippen molar-refractivity contribution < 1.29 is 20.2 Å². The van der Waals surface area contributed by atoms with Crippen molar-refractivity contribution in [2.24, 2.45) is 5.41 Å². The van der Waals surface area contributed by atoms with Crippen molar-refractivity contribution in [1.82, 2.24) is 5.48 Å². The standard InChI is InChI=1S/C8H19NO4/c1-2-3-9-13-7-8(4-10,5-11)6-12/h9-12H,2-7H2,1H3. The van der Waals surface area contributed by atoms with Gasteiger partial charge >= 0.3 is 0 Å². The number of nitrogens with one attached hydrogen (secondary N) is 1. The van der Waals surface area contributed by atoms with Crippen LogP contribution in [0.3, 0.4) is 0 Å². The molecule has 0 bridgehead atoms. The molecule has 0 radical (unpaired) electrons. The van der Waals surface area contributed by atoms with Crippen LogP contribution in [0.2, 0.25) is 0 Å². The predicted octanol–water partition coefficient (Wildman–Crippen LogP) is -1.12. The maximum atomic E-state index is 8.91. The fourth-order valence-electron chi connectivity index (χ4n) is 0.665. The van der Waals surface area contributed by atoms with Crippen molar-refractivity contribution in [2.45, 2.75) is 13.3 Å². The van der Waals surface area contributed by atoms with E-state index in [-0.39, 0.29) is 26.4 Å². The van der Waals surface area contributed by atoms with E-state index in [9.17, 15) is 0 Å². The molecular formula is C8H19NO4. The van der Waals surface area contributed by atoms with Crippen LogP contribution in [-0.4, -0.2) is 48.3 Å². The Hall–Kier alpha value is -0.200. The van der Waals surface area contributed by atoms with E-state index in [0.717, 1.165) is 6.42 Å². The first-order valence-electron chi connectivity index (χ1n) is 4.42. The van der Waals surface area contributed by atoms with Crippen LogP contribution in [0.25, 0.3) is 0 Å². The molecule has 0 aliphatic heterocycles. The van der Waals surface area contributed by atoms with Gasteiger partial charge in [-0.25, -0.2) is 5.48 Å². The highest BCUT2D eigenvalue weighted by Gasteiger charge is 2.28. The second kappa shape index (κ2) is 7.23. The van der Waals surface area contributed by atoms with Gasteiger partial charge in [-0.15, -0.1) is 0 Å². The van der Waals surface area contributed by atoms with E-state index in [1.807, 2.05) is 6.92 Å². The Labute approximate surface area is 78.3 Å². The molecule has 5 nitrogen and oxygen atoms in total. The molecule has 0 rings (SSSR count). The Morgan fingerprint density at radius 2 is 1.69 bits per heavy atom. The fourth-order valence-corrected chi connectivity index (χ4v) is 0.665. The summed E-state index contributed by atoms with van der Waals surface area (Å²) in [6, 6.07) is 0. The molecule has 0 saturated heterocycles. The third kappa shape index (κ3) is 4.54. The molecule has 0 aliphatic rings. The summed E-state index contributed by atoms with van der Waals surface area (Å²) in [6.45, 7) is 1.90. The highest BCUT2D eigenvalue weighted by atomic mass is 16.6. The lowest BCUT2D eigenvalue weighted by Gasteiger charge is -2.26. The molecular weight excluding hydrogens is 174 g/mol. The van der Waals surface area contributed by atoms with Crippen LogP contribution in [0, 0.1) is 5.41 Å². The van der Waals surface area contributed by atoms with E-state index in [1.165, 1.54) is 0 Å². The van der Waals surface area contributed by atoms with Gasteiger partial charge < -0.3 is 20.2 Å². The second-order valence-electron chi connectivity index (χ2n) is 3.16. The zero-order chi connectivity index (χ0) is 10.2. The lowest BCUT2D eigenvalue weighted by molar-refractivity contribution is -0.0863. The molecule has 4 N–H and O–H groups in total. The minimum absolute atomic E-state index is 0.0938. The number of aliphatic hydroxyl groups excluding tert-OH is 3. The van der Waals surface area contributed by atoms with Crippen LogP contribution in [-0.2, 0) is 4.84 Å². The Morgan fingerprint density at radius 3 is 2.08 bits per heavy atom. The maximum absolute atomic E-state index is 8.91. The molecule has 0 aromatic rings. The monoisotopic (exact) mass is 193 g/mol. The molecule has 13 heavy (non-hydrogen) atoms. The fraction of sp³-hybridized carbons (Fsp3) is 1.00. The summed E-state index contributed by atoms with van der Waals surface area (Å²) in [5, 5.41) is 26.7. The number of hydrogen-bond acceptors (Lipinski definition) is 5. The summed E-state index contributed by atoms with van der Waals surface area (Å²) in [5.74, 6) is 0. The highest BCUT2D eigenvalue weighted by Crippen LogP contribution is 2.13. The molecule has 0 spiro atoms. The van der Waals surface area contributed by atoms with E-state index < -0.39 is 5.41 Å².